The number of nitrogens with zero attached hydrogens (tertiary/aromatic N) is 6. The minimum absolute atomic E-state index is 0.163. The summed E-state index contributed by atoms with van der Waals surface area (Å²) < 4.78 is 3.54. The van der Waals surface area contributed by atoms with Gasteiger partial charge in [0.1, 0.15) is 6.33 Å². The lowest BCUT2D eigenvalue weighted by molar-refractivity contribution is 0.660. The van der Waals surface area contributed by atoms with Crippen LogP contribution in [0.1, 0.15) is 25.5 Å². The van der Waals surface area contributed by atoms with Crippen molar-refractivity contribution in [2.75, 3.05) is 5.32 Å². The first-order chi connectivity index (χ1) is 10.3. The predicted molar refractivity (Wildman–Crippen MR) is 79.1 cm³/mol. The molecule has 0 spiro atoms. The molecule has 0 saturated heterocycles. The average molecular weight is 283 g/mol. The highest BCUT2D eigenvalue weighted by Gasteiger charge is 2.08. The molecule has 1 N–H and O–H groups in total. The van der Waals surface area contributed by atoms with Crippen molar-refractivity contribution in [3.8, 4) is 5.69 Å². The zero-order valence-electron chi connectivity index (χ0n) is 12.0. The Labute approximate surface area is 122 Å². The quantitative estimate of drug-likeness (QED) is 0.775. The van der Waals surface area contributed by atoms with Crippen molar-refractivity contribution in [3.05, 3.63) is 48.5 Å². The highest BCUT2D eigenvalue weighted by atomic mass is 15.5. The van der Waals surface area contributed by atoms with Crippen molar-refractivity contribution in [2.24, 2.45) is 0 Å². The maximum Gasteiger partial charge on any atom is 0.143 e. The SMILES string of the molecule is CCn1cc(NC(C)c2cccc(-n3cnnn3)c2)cn1. The Hall–Kier alpha value is -2.70. The molecule has 2 heterocycles. The van der Waals surface area contributed by atoms with Crippen LogP contribution in [-0.2, 0) is 6.54 Å². The molecule has 0 saturated carbocycles. The van der Waals surface area contributed by atoms with Crippen molar-refractivity contribution in [2.45, 2.75) is 26.4 Å². The number of benzene rings is 1. The van der Waals surface area contributed by atoms with Gasteiger partial charge in [-0.3, -0.25) is 4.68 Å². The molecule has 0 fully saturated rings. The van der Waals surface area contributed by atoms with E-state index in [0.717, 1.165) is 23.5 Å². The molecule has 0 bridgehead atoms. The van der Waals surface area contributed by atoms with E-state index in [4.69, 9.17) is 0 Å². The molecule has 2 aromatic heterocycles. The van der Waals surface area contributed by atoms with Crippen LogP contribution < -0.4 is 5.32 Å². The number of nitrogens with one attached hydrogen (secondary N) is 1. The molecule has 0 aliphatic rings. The lowest BCUT2D eigenvalue weighted by Crippen LogP contribution is -2.07. The van der Waals surface area contributed by atoms with Crippen molar-refractivity contribution in [1.82, 2.24) is 30.0 Å². The molecule has 3 rings (SSSR count). The molecule has 0 aliphatic carbocycles. The van der Waals surface area contributed by atoms with Crippen molar-refractivity contribution in [1.29, 1.82) is 0 Å². The molecule has 1 atom stereocenters. The van der Waals surface area contributed by atoms with Gasteiger partial charge in [-0.15, -0.1) is 5.10 Å². The van der Waals surface area contributed by atoms with Crippen LogP contribution in [0.15, 0.2) is 43.0 Å². The largest absolute Gasteiger partial charge is 0.376 e. The van der Waals surface area contributed by atoms with Crippen LogP contribution in [0.25, 0.3) is 5.69 Å². The maximum absolute atomic E-state index is 4.26. The van der Waals surface area contributed by atoms with Gasteiger partial charge < -0.3 is 5.32 Å². The van der Waals surface area contributed by atoms with Crippen molar-refractivity contribution >= 4 is 5.69 Å². The molecule has 108 valence electrons. The minimum Gasteiger partial charge on any atom is -0.376 e. The second-order valence-corrected chi connectivity index (χ2v) is 4.80. The zero-order chi connectivity index (χ0) is 14.7. The standard InChI is InChI=1S/C14H17N7/c1-3-20-9-13(8-16-20)17-11(2)12-5-4-6-14(7-12)21-10-15-18-19-21/h4-11,17H,3H2,1-2H3. The van der Waals surface area contributed by atoms with Crippen LogP contribution in [0, 0.1) is 0 Å². The molecule has 7 heteroatoms. The smallest absolute Gasteiger partial charge is 0.143 e. The van der Waals surface area contributed by atoms with Gasteiger partial charge in [-0.05, 0) is 42.0 Å². The van der Waals surface area contributed by atoms with Crippen LogP contribution in [0.4, 0.5) is 5.69 Å². The van der Waals surface area contributed by atoms with E-state index in [2.05, 4.69) is 51.9 Å². The fourth-order valence-electron chi connectivity index (χ4n) is 2.16. The van der Waals surface area contributed by atoms with Gasteiger partial charge in [-0.1, -0.05) is 12.1 Å². The molecule has 0 aliphatic heterocycles. The number of rotatable bonds is 5. The summed E-state index contributed by atoms with van der Waals surface area (Å²) in [5, 5.41) is 18.9. The van der Waals surface area contributed by atoms with Gasteiger partial charge in [0.2, 0.25) is 0 Å². The van der Waals surface area contributed by atoms with Gasteiger partial charge in [-0.2, -0.15) is 5.10 Å². The molecule has 0 amide bonds. The number of hydrogen-bond acceptors (Lipinski definition) is 5. The normalized spacial score (nSPS) is 12.3. The molecular weight excluding hydrogens is 266 g/mol. The van der Waals surface area contributed by atoms with Crippen LogP contribution in [0.2, 0.25) is 0 Å². The first-order valence-electron chi connectivity index (χ1n) is 6.88. The van der Waals surface area contributed by atoms with Gasteiger partial charge in [0, 0.05) is 18.8 Å². The van der Waals surface area contributed by atoms with Crippen molar-refractivity contribution in [3.63, 3.8) is 0 Å². The van der Waals surface area contributed by atoms with Gasteiger partial charge in [0.15, 0.2) is 0 Å². The highest BCUT2D eigenvalue weighted by molar-refractivity contribution is 5.43. The van der Waals surface area contributed by atoms with E-state index in [9.17, 15) is 0 Å². The first kappa shape index (κ1) is 13.3. The van der Waals surface area contributed by atoms with Crippen LogP contribution in [0.5, 0.6) is 0 Å². The third-order valence-corrected chi connectivity index (χ3v) is 3.32. The predicted octanol–water partition coefficient (Wildman–Crippen LogP) is 2.05. The second-order valence-electron chi connectivity index (χ2n) is 4.80. The van der Waals surface area contributed by atoms with Gasteiger partial charge in [0.05, 0.1) is 17.6 Å². The summed E-state index contributed by atoms with van der Waals surface area (Å²) in [7, 11) is 0. The lowest BCUT2D eigenvalue weighted by Gasteiger charge is -2.15. The molecule has 1 aromatic carbocycles. The van der Waals surface area contributed by atoms with E-state index in [1.54, 1.807) is 11.0 Å². The van der Waals surface area contributed by atoms with Gasteiger partial charge in [-0.25, -0.2) is 4.68 Å². The Morgan fingerprint density at radius 3 is 2.95 bits per heavy atom. The number of aryl methyl sites for hydroxylation is 1. The summed E-state index contributed by atoms with van der Waals surface area (Å²) in [5.41, 5.74) is 3.11. The van der Waals surface area contributed by atoms with E-state index >= 15 is 0 Å². The first-order valence-corrected chi connectivity index (χ1v) is 6.88. The molecule has 1 unspecified atom stereocenters. The summed E-state index contributed by atoms with van der Waals surface area (Å²) in [6.07, 6.45) is 5.43. The van der Waals surface area contributed by atoms with E-state index in [0.29, 0.717) is 0 Å². The summed E-state index contributed by atoms with van der Waals surface area (Å²) in [5.74, 6) is 0. The average Bonchev–Trinajstić information content (AvgIpc) is 3.18. The molecule has 0 radical (unpaired) electrons. The summed E-state index contributed by atoms with van der Waals surface area (Å²) in [6, 6.07) is 8.28. The van der Waals surface area contributed by atoms with E-state index in [1.807, 2.05) is 29.2 Å². The molecule has 3 aromatic rings. The Morgan fingerprint density at radius 1 is 1.33 bits per heavy atom. The number of tetrazole rings is 1. The minimum atomic E-state index is 0.163. The second kappa shape index (κ2) is 5.74. The molecule has 21 heavy (non-hydrogen) atoms. The number of hydrogen-bond donors (Lipinski definition) is 1. The van der Waals surface area contributed by atoms with Crippen molar-refractivity contribution < 1.29 is 0 Å². The third kappa shape index (κ3) is 2.91. The third-order valence-electron chi connectivity index (χ3n) is 3.32. The zero-order valence-corrected chi connectivity index (χ0v) is 12.0. The summed E-state index contributed by atoms with van der Waals surface area (Å²) in [4.78, 5) is 0. The molecular formula is C14H17N7. The summed E-state index contributed by atoms with van der Waals surface area (Å²) >= 11 is 0. The van der Waals surface area contributed by atoms with Crippen LogP contribution in [-0.4, -0.2) is 30.0 Å². The monoisotopic (exact) mass is 283 g/mol. The van der Waals surface area contributed by atoms with Crippen LogP contribution >= 0.6 is 0 Å². The highest BCUT2D eigenvalue weighted by Crippen LogP contribution is 2.20. The summed E-state index contributed by atoms with van der Waals surface area (Å²) in [6.45, 7) is 5.04. The number of aromatic nitrogens is 6. The Morgan fingerprint density at radius 2 is 2.24 bits per heavy atom. The van der Waals surface area contributed by atoms with E-state index in [1.165, 1.54) is 0 Å². The van der Waals surface area contributed by atoms with Crippen LogP contribution in [0.3, 0.4) is 0 Å². The topological polar surface area (TPSA) is 73.5 Å². The molecule has 7 nitrogen and oxygen atoms in total. The Bertz CT molecular complexity index is 702. The fourth-order valence-corrected chi connectivity index (χ4v) is 2.16. The lowest BCUT2D eigenvalue weighted by atomic mass is 10.1. The van der Waals surface area contributed by atoms with E-state index < -0.39 is 0 Å². The Kier molecular flexibility index (Phi) is 3.63. The Balaban J connectivity index is 1.78. The number of anilines is 1. The maximum atomic E-state index is 4.26. The van der Waals surface area contributed by atoms with Gasteiger partial charge in [0.25, 0.3) is 0 Å². The van der Waals surface area contributed by atoms with E-state index in [-0.39, 0.29) is 6.04 Å². The fraction of sp³-hybridized carbons (Fsp3) is 0.286. The van der Waals surface area contributed by atoms with Gasteiger partial charge >= 0.3 is 0 Å².